The van der Waals surface area contributed by atoms with Crippen molar-refractivity contribution in [2.24, 2.45) is 4.99 Å². The number of aryl methyl sites for hydroxylation is 1. The van der Waals surface area contributed by atoms with Crippen LogP contribution in [0.1, 0.15) is 30.8 Å². The molecule has 0 aromatic carbocycles. The molecule has 1 N–H and O–H groups in total. The van der Waals surface area contributed by atoms with E-state index in [1.54, 1.807) is 19.3 Å². The third kappa shape index (κ3) is 2.86. The van der Waals surface area contributed by atoms with Crippen molar-refractivity contribution in [1.82, 2.24) is 10.2 Å². The van der Waals surface area contributed by atoms with E-state index < -0.39 is 0 Å². The molecule has 1 rings (SSSR count). The van der Waals surface area contributed by atoms with Gasteiger partial charge in [0.25, 0.3) is 0 Å². The second kappa shape index (κ2) is 6.17. The van der Waals surface area contributed by atoms with Crippen LogP contribution in [0.3, 0.4) is 0 Å². The first kappa shape index (κ1) is 11.6. The average Bonchev–Trinajstić information content (AvgIpc) is 2.51. The molecule has 0 atom stereocenters. The number of hydrogen-bond donors (Lipinski definition) is 1. The summed E-state index contributed by atoms with van der Waals surface area (Å²) in [5.41, 5.74) is 2.89. The molecule has 0 amide bonds. The van der Waals surface area contributed by atoms with Crippen LogP contribution in [0.15, 0.2) is 11.6 Å². The van der Waals surface area contributed by atoms with Gasteiger partial charge in [-0.05, 0) is 6.92 Å². The average molecular weight is 179 g/mol. The van der Waals surface area contributed by atoms with Gasteiger partial charge in [-0.25, -0.2) is 0 Å². The lowest BCUT2D eigenvalue weighted by atomic mass is 10.2. The summed E-state index contributed by atoms with van der Waals surface area (Å²) in [7, 11) is 1.72. The third-order valence-electron chi connectivity index (χ3n) is 1.48. The minimum Gasteiger partial charge on any atom is -0.294 e. The van der Waals surface area contributed by atoms with E-state index in [-0.39, 0.29) is 0 Å². The SMILES string of the molecule is C=Cc1c(C=NC)n[nH]c1C.CC. The van der Waals surface area contributed by atoms with Gasteiger partial charge in [0.1, 0.15) is 5.69 Å². The first-order chi connectivity index (χ1) is 6.29. The van der Waals surface area contributed by atoms with E-state index in [0.717, 1.165) is 17.0 Å². The lowest BCUT2D eigenvalue weighted by Gasteiger charge is -1.88. The maximum Gasteiger partial charge on any atom is 0.110 e. The smallest absolute Gasteiger partial charge is 0.110 e. The van der Waals surface area contributed by atoms with Gasteiger partial charge >= 0.3 is 0 Å². The fourth-order valence-corrected chi connectivity index (χ4v) is 0.935. The molecule has 3 heteroatoms. The van der Waals surface area contributed by atoms with Crippen molar-refractivity contribution in [2.75, 3.05) is 7.05 Å². The summed E-state index contributed by atoms with van der Waals surface area (Å²) in [6.07, 6.45) is 3.48. The Labute approximate surface area is 79.6 Å². The van der Waals surface area contributed by atoms with Crippen LogP contribution in [0.2, 0.25) is 0 Å². The fraction of sp³-hybridized carbons (Fsp3) is 0.400. The predicted molar refractivity (Wildman–Crippen MR) is 58.3 cm³/mol. The van der Waals surface area contributed by atoms with Crippen molar-refractivity contribution in [1.29, 1.82) is 0 Å². The zero-order valence-electron chi connectivity index (χ0n) is 8.76. The molecule has 0 saturated heterocycles. The molecule has 0 aliphatic heterocycles. The lowest BCUT2D eigenvalue weighted by molar-refractivity contribution is 1.04. The Bertz CT molecular complexity index is 284. The molecular formula is C10H17N3. The van der Waals surface area contributed by atoms with Crippen LogP contribution < -0.4 is 0 Å². The molecule has 3 nitrogen and oxygen atoms in total. The van der Waals surface area contributed by atoms with Crippen LogP contribution in [-0.2, 0) is 0 Å². The summed E-state index contributed by atoms with van der Waals surface area (Å²) < 4.78 is 0. The molecule has 0 radical (unpaired) electrons. The monoisotopic (exact) mass is 179 g/mol. The number of rotatable bonds is 2. The quantitative estimate of drug-likeness (QED) is 0.696. The van der Waals surface area contributed by atoms with Gasteiger partial charge in [0.05, 0.1) is 0 Å². The minimum atomic E-state index is 0.847. The Morgan fingerprint density at radius 3 is 2.54 bits per heavy atom. The van der Waals surface area contributed by atoms with Gasteiger partial charge in [-0.1, -0.05) is 26.5 Å². The number of nitrogens with zero attached hydrogens (tertiary/aromatic N) is 2. The topological polar surface area (TPSA) is 41.0 Å². The van der Waals surface area contributed by atoms with E-state index in [4.69, 9.17) is 0 Å². The van der Waals surface area contributed by atoms with Crippen molar-refractivity contribution < 1.29 is 0 Å². The van der Waals surface area contributed by atoms with Crippen LogP contribution in [-0.4, -0.2) is 23.5 Å². The Morgan fingerprint density at radius 1 is 1.46 bits per heavy atom. The number of hydrogen-bond acceptors (Lipinski definition) is 2. The molecule has 0 fully saturated rings. The highest BCUT2D eigenvalue weighted by Crippen LogP contribution is 2.08. The highest BCUT2D eigenvalue weighted by atomic mass is 15.1. The molecule has 1 heterocycles. The van der Waals surface area contributed by atoms with E-state index in [1.807, 2.05) is 20.8 Å². The molecule has 0 saturated carbocycles. The maximum atomic E-state index is 4.03. The van der Waals surface area contributed by atoms with E-state index >= 15 is 0 Å². The normalized spacial score (nSPS) is 9.54. The number of nitrogens with one attached hydrogen (secondary N) is 1. The van der Waals surface area contributed by atoms with Gasteiger partial charge in [0.15, 0.2) is 0 Å². The molecular weight excluding hydrogens is 162 g/mol. The lowest BCUT2D eigenvalue weighted by Crippen LogP contribution is -1.83. The minimum absolute atomic E-state index is 0.847. The summed E-state index contributed by atoms with van der Waals surface area (Å²) in [5, 5.41) is 6.89. The summed E-state index contributed by atoms with van der Waals surface area (Å²) in [6, 6.07) is 0. The number of aromatic amines is 1. The number of aromatic nitrogens is 2. The highest BCUT2D eigenvalue weighted by Gasteiger charge is 2.02. The van der Waals surface area contributed by atoms with Crippen molar-refractivity contribution in [2.45, 2.75) is 20.8 Å². The van der Waals surface area contributed by atoms with E-state index in [9.17, 15) is 0 Å². The molecule has 0 spiro atoms. The second-order valence-electron chi connectivity index (χ2n) is 2.24. The molecule has 1 aromatic heterocycles. The van der Waals surface area contributed by atoms with E-state index in [0.29, 0.717) is 0 Å². The van der Waals surface area contributed by atoms with Crippen LogP contribution in [0.25, 0.3) is 6.08 Å². The zero-order chi connectivity index (χ0) is 10.3. The molecule has 0 aliphatic rings. The summed E-state index contributed by atoms with van der Waals surface area (Å²) in [6.45, 7) is 9.64. The molecule has 0 unspecified atom stereocenters. The van der Waals surface area contributed by atoms with E-state index in [1.165, 1.54) is 0 Å². The van der Waals surface area contributed by atoms with Gasteiger partial charge in [-0.3, -0.25) is 10.1 Å². The summed E-state index contributed by atoms with van der Waals surface area (Å²) >= 11 is 0. The van der Waals surface area contributed by atoms with Crippen molar-refractivity contribution >= 4 is 12.3 Å². The molecule has 72 valence electrons. The van der Waals surface area contributed by atoms with Gasteiger partial charge in [-0.2, -0.15) is 5.10 Å². The zero-order valence-corrected chi connectivity index (χ0v) is 8.76. The van der Waals surface area contributed by atoms with Crippen LogP contribution in [0, 0.1) is 6.92 Å². The largest absolute Gasteiger partial charge is 0.294 e. The van der Waals surface area contributed by atoms with Gasteiger partial charge in [-0.15, -0.1) is 0 Å². The van der Waals surface area contributed by atoms with Gasteiger partial charge < -0.3 is 0 Å². The standard InChI is InChI=1S/C8H11N3.C2H6/c1-4-7-6(2)10-11-8(7)5-9-3;1-2/h4-5H,1H2,2-3H3,(H,10,11);1-2H3. The van der Waals surface area contributed by atoms with Gasteiger partial charge in [0, 0.05) is 24.5 Å². The third-order valence-corrected chi connectivity index (χ3v) is 1.48. The summed E-state index contributed by atoms with van der Waals surface area (Å²) in [4.78, 5) is 3.87. The molecule has 13 heavy (non-hydrogen) atoms. The highest BCUT2D eigenvalue weighted by molar-refractivity contribution is 5.83. The second-order valence-corrected chi connectivity index (χ2v) is 2.24. The Kier molecular flexibility index (Phi) is 5.52. The van der Waals surface area contributed by atoms with Crippen molar-refractivity contribution in [3.8, 4) is 0 Å². The molecule has 0 aliphatic carbocycles. The van der Waals surface area contributed by atoms with E-state index in [2.05, 4.69) is 21.8 Å². The molecule has 0 bridgehead atoms. The predicted octanol–water partition coefficient (Wildman–Crippen LogP) is 2.44. The van der Waals surface area contributed by atoms with Gasteiger partial charge in [0.2, 0.25) is 0 Å². The number of H-pyrrole nitrogens is 1. The Hall–Kier alpha value is -1.38. The Balaban J connectivity index is 0.000000671. The summed E-state index contributed by atoms with van der Waals surface area (Å²) in [5.74, 6) is 0. The van der Waals surface area contributed by atoms with Crippen LogP contribution in [0.5, 0.6) is 0 Å². The Morgan fingerprint density at radius 2 is 2.08 bits per heavy atom. The first-order valence-electron chi connectivity index (χ1n) is 4.39. The van der Waals surface area contributed by atoms with Crippen LogP contribution in [0.4, 0.5) is 0 Å². The number of aliphatic imine (C=N–C) groups is 1. The molecule has 1 aromatic rings. The maximum absolute atomic E-state index is 4.03. The van der Waals surface area contributed by atoms with Crippen molar-refractivity contribution in [3.63, 3.8) is 0 Å². The van der Waals surface area contributed by atoms with Crippen molar-refractivity contribution in [3.05, 3.63) is 23.5 Å². The first-order valence-corrected chi connectivity index (χ1v) is 4.39. The van der Waals surface area contributed by atoms with Crippen LogP contribution >= 0.6 is 0 Å². The fourth-order valence-electron chi connectivity index (χ4n) is 0.935.